The molecule has 0 aliphatic carbocycles. The van der Waals surface area contributed by atoms with Crippen LogP contribution in [0, 0.1) is 0 Å². The third-order valence-electron chi connectivity index (χ3n) is 3.59. The summed E-state index contributed by atoms with van der Waals surface area (Å²) in [6.45, 7) is 1.83. The van der Waals surface area contributed by atoms with Gasteiger partial charge in [0.05, 0.1) is 17.8 Å². The van der Waals surface area contributed by atoms with Crippen LogP contribution in [0.1, 0.15) is 16.1 Å². The lowest BCUT2D eigenvalue weighted by Gasteiger charge is -2.14. The molecule has 0 spiro atoms. The van der Waals surface area contributed by atoms with E-state index in [-0.39, 0.29) is 12.4 Å². The van der Waals surface area contributed by atoms with Crippen LogP contribution in [0.5, 0.6) is 11.5 Å². The standard InChI is InChI=1S/C19H19ClN2O2S.ClH/c1-23-18-10-14(11-21-12-15-5-2-3-7-22-15)9-17(20)19(18)24-13-16-6-4-8-25-16;/h2-10,21H,11-13H2,1H3;1H/p-1. The number of benzene rings is 1. The highest BCUT2D eigenvalue weighted by molar-refractivity contribution is 7.09. The molecule has 0 fully saturated rings. The van der Waals surface area contributed by atoms with Gasteiger partial charge in [-0.2, -0.15) is 0 Å². The van der Waals surface area contributed by atoms with Crippen molar-refractivity contribution in [2.75, 3.05) is 7.11 Å². The zero-order valence-corrected chi connectivity index (χ0v) is 16.6. The highest BCUT2D eigenvalue weighted by atomic mass is 35.5. The Bertz CT molecular complexity index is 799. The molecule has 0 amide bonds. The van der Waals surface area contributed by atoms with E-state index in [2.05, 4.69) is 10.3 Å². The zero-order valence-electron chi connectivity index (χ0n) is 14.2. The number of hydrogen-bond acceptors (Lipinski definition) is 5. The Balaban J connectivity index is 0.00000243. The Hall–Kier alpha value is -1.79. The topological polar surface area (TPSA) is 43.4 Å². The van der Waals surface area contributed by atoms with Gasteiger partial charge in [-0.05, 0) is 41.3 Å². The molecule has 0 saturated carbocycles. The van der Waals surface area contributed by atoms with Crippen LogP contribution >= 0.6 is 22.9 Å². The van der Waals surface area contributed by atoms with Crippen LogP contribution in [0.3, 0.4) is 0 Å². The molecule has 0 aliphatic rings. The molecule has 1 aromatic carbocycles. The molecule has 0 saturated heterocycles. The quantitative estimate of drug-likeness (QED) is 0.614. The number of thiophene rings is 1. The van der Waals surface area contributed by atoms with Crippen LogP contribution in [0.2, 0.25) is 5.02 Å². The van der Waals surface area contributed by atoms with Crippen molar-refractivity contribution in [2.45, 2.75) is 19.7 Å². The predicted molar refractivity (Wildman–Crippen MR) is 101 cm³/mol. The highest BCUT2D eigenvalue weighted by Crippen LogP contribution is 2.37. The molecular formula is C19H19Cl2N2O2S-. The third-order valence-corrected chi connectivity index (χ3v) is 4.72. The fraction of sp³-hybridized carbons (Fsp3) is 0.211. The normalized spacial score (nSPS) is 10.2. The van der Waals surface area contributed by atoms with Crippen molar-refractivity contribution in [3.63, 3.8) is 0 Å². The van der Waals surface area contributed by atoms with Crippen LogP contribution in [0.25, 0.3) is 0 Å². The van der Waals surface area contributed by atoms with Crippen molar-refractivity contribution in [1.29, 1.82) is 0 Å². The van der Waals surface area contributed by atoms with E-state index in [9.17, 15) is 0 Å². The Morgan fingerprint density at radius 1 is 1.15 bits per heavy atom. The lowest BCUT2D eigenvalue weighted by molar-refractivity contribution is -0.00000555. The van der Waals surface area contributed by atoms with Crippen LogP contribution < -0.4 is 27.2 Å². The molecule has 7 heteroatoms. The Morgan fingerprint density at radius 2 is 2.04 bits per heavy atom. The minimum Gasteiger partial charge on any atom is -1.00 e. The summed E-state index contributed by atoms with van der Waals surface area (Å²) in [4.78, 5) is 5.43. The van der Waals surface area contributed by atoms with Crippen LogP contribution in [-0.4, -0.2) is 12.1 Å². The van der Waals surface area contributed by atoms with Crippen molar-refractivity contribution in [3.8, 4) is 11.5 Å². The molecule has 138 valence electrons. The monoisotopic (exact) mass is 409 g/mol. The van der Waals surface area contributed by atoms with E-state index in [1.807, 2.05) is 47.8 Å². The number of aromatic nitrogens is 1. The first-order valence-electron chi connectivity index (χ1n) is 7.88. The van der Waals surface area contributed by atoms with E-state index in [1.165, 1.54) is 0 Å². The summed E-state index contributed by atoms with van der Waals surface area (Å²) in [7, 11) is 1.62. The molecule has 2 heterocycles. The SMILES string of the molecule is COc1cc(CNCc2ccccn2)cc(Cl)c1OCc1cccs1.[Cl-]. The molecule has 0 unspecified atom stereocenters. The first-order valence-corrected chi connectivity index (χ1v) is 9.14. The Labute approximate surface area is 168 Å². The average Bonchev–Trinajstić information content (AvgIpc) is 3.15. The molecular weight excluding hydrogens is 391 g/mol. The van der Waals surface area contributed by atoms with E-state index in [0.29, 0.717) is 36.2 Å². The number of methoxy groups -OCH3 is 1. The summed E-state index contributed by atoms with van der Waals surface area (Å²) < 4.78 is 11.3. The molecule has 0 aliphatic heterocycles. The summed E-state index contributed by atoms with van der Waals surface area (Å²) in [6, 6.07) is 13.7. The van der Waals surface area contributed by atoms with Gasteiger partial charge in [-0.1, -0.05) is 23.7 Å². The van der Waals surface area contributed by atoms with Gasteiger partial charge in [0.25, 0.3) is 0 Å². The summed E-state index contributed by atoms with van der Waals surface area (Å²) in [6.07, 6.45) is 1.79. The second-order valence-corrected chi connectivity index (χ2v) is 6.84. The van der Waals surface area contributed by atoms with Crippen molar-refractivity contribution < 1.29 is 21.9 Å². The molecule has 0 atom stereocenters. The molecule has 0 radical (unpaired) electrons. The van der Waals surface area contributed by atoms with Crippen LogP contribution in [-0.2, 0) is 19.7 Å². The lowest BCUT2D eigenvalue weighted by Crippen LogP contribution is -3.00. The minimum absolute atomic E-state index is 0. The number of pyridine rings is 1. The average molecular weight is 410 g/mol. The number of hydrogen-bond donors (Lipinski definition) is 1. The smallest absolute Gasteiger partial charge is 0.180 e. The van der Waals surface area contributed by atoms with E-state index < -0.39 is 0 Å². The number of ether oxygens (including phenoxy) is 2. The van der Waals surface area contributed by atoms with Gasteiger partial charge in [-0.3, -0.25) is 4.98 Å². The number of nitrogens with one attached hydrogen (secondary N) is 1. The summed E-state index contributed by atoms with van der Waals surface area (Å²) in [5, 5.41) is 5.92. The minimum atomic E-state index is 0. The fourth-order valence-electron chi connectivity index (χ4n) is 2.39. The molecule has 3 rings (SSSR count). The lowest BCUT2D eigenvalue weighted by atomic mass is 10.2. The van der Waals surface area contributed by atoms with Crippen LogP contribution in [0.15, 0.2) is 54.0 Å². The molecule has 0 bridgehead atoms. The molecule has 2 aromatic heterocycles. The van der Waals surface area contributed by atoms with Crippen molar-refractivity contribution in [3.05, 3.63) is 75.2 Å². The second kappa shape index (κ2) is 10.4. The first kappa shape index (κ1) is 20.5. The number of rotatable bonds is 8. The molecule has 3 aromatic rings. The Morgan fingerprint density at radius 3 is 2.73 bits per heavy atom. The first-order chi connectivity index (χ1) is 12.3. The zero-order chi connectivity index (χ0) is 17.5. The van der Waals surface area contributed by atoms with Gasteiger partial charge in [-0.25, -0.2) is 0 Å². The van der Waals surface area contributed by atoms with E-state index >= 15 is 0 Å². The van der Waals surface area contributed by atoms with Gasteiger partial charge in [0.1, 0.15) is 6.61 Å². The van der Waals surface area contributed by atoms with Gasteiger partial charge in [-0.15, -0.1) is 11.3 Å². The van der Waals surface area contributed by atoms with Crippen molar-refractivity contribution in [1.82, 2.24) is 10.3 Å². The van der Waals surface area contributed by atoms with Gasteiger partial charge in [0.15, 0.2) is 11.5 Å². The molecule has 4 nitrogen and oxygen atoms in total. The van der Waals surface area contributed by atoms with Crippen molar-refractivity contribution >= 4 is 22.9 Å². The largest absolute Gasteiger partial charge is 1.00 e. The van der Waals surface area contributed by atoms with Gasteiger partial charge in [0, 0.05) is 24.2 Å². The third kappa shape index (κ3) is 5.61. The van der Waals surface area contributed by atoms with Gasteiger partial charge < -0.3 is 27.2 Å². The maximum atomic E-state index is 6.41. The van der Waals surface area contributed by atoms with E-state index in [1.54, 1.807) is 24.6 Å². The molecule has 1 N–H and O–H groups in total. The van der Waals surface area contributed by atoms with E-state index in [0.717, 1.165) is 16.1 Å². The summed E-state index contributed by atoms with van der Waals surface area (Å²) in [5.41, 5.74) is 2.03. The van der Waals surface area contributed by atoms with Gasteiger partial charge in [0.2, 0.25) is 0 Å². The maximum absolute atomic E-state index is 6.41. The van der Waals surface area contributed by atoms with E-state index in [4.69, 9.17) is 21.1 Å². The van der Waals surface area contributed by atoms with Crippen LogP contribution in [0.4, 0.5) is 0 Å². The number of halogens is 2. The highest BCUT2D eigenvalue weighted by Gasteiger charge is 2.12. The fourth-order valence-corrected chi connectivity index (χ4v) is 3.29. The molecule has 26 heavy (non-hydrogen) atoms. The second-order valence-electron chi connectivity index (χ2n) is 5.40. The maximum Gasteiger partial charge on any atom is 0.180 e. The number of nitrogens with zero attached hydrogens (tertiary/aromatic N) is 1. The predicted octanol–water partition coefficient (Wildman–Crippen LogP) is 1.68. The Kier molecular flexibility index (Phi) is 8.19. The summed E-state index contributed by atoms with van der Waals surface area (Å²) in [5.74, 6) is 1.21. The van der Waals surface area contributed by atoms with Crippen molar-refractivity contribution in [2.24, 2.45) is 0 Å². The van der Waals surface area contributed by atoms with Gasteiger partial charge >= 0.3 is 0 Å². The summed E-state index contributed by atoms with van der Waals surface area (Å²) >= 11 is 8.06.